The summed E-state index contributed by atoms with van der Waals surface area (Å²) in [6, 6.07) is 0.696. The molecule has 0 aromatic rings. The maximum atomic E-state index is 12.3. The molecule has 4 aliphatic rings. The molecule has 0 radical (unpaired) electrons. The van der Waals surface area contributed by atoms with E-state index in [1.54, 1.807) is 0 Å². The van der Waals surface area contributed by atoms with Gasteiger partial charge in [0.2, 0.25) is 5.91 Å². The topological polar surface area (TPSA) is 50.4 Å². The van der Waals surface area contributed by atoms with E-state index >= 15 is 0 Å². The van der Waals surface area contributed by atoms with Gasteiger partial charge < -0.3 is 15.4 Å². The number of hydrogen-bond acceptors (Lipinski definition) is 3. The van der Waals surface area contributed by atoms with Crippen LogP contribution in [0, 0.1) is 29.6 Å². The van der Waals surface area contributed by atoms with Crippen molar-refractivity contribution in [3.8, 4) is 0 Å². The van der Waals surface area contributed by atoms with Crippen LogP contribution in [0.15, 0.2) is 0 Å². The minimum atomic E-state index is 0.00831. The molecular formula is C14H22N2O2. The maximum absolute atomic E-state index is 12.3. The predicted octanol–water partition coefficient (Wildman–Crippen LogP) is 0.381. The van der Waals surface area contributed by atoms with Gasteiger partial charge in [-0.2, -0.15) is 0 Å². The fourth-order valence-corrected chi connectivity index (χ4v) is 4.89. The molecule has 6 atom stereocenters. The molecule has 4 nitrogen and oxygen atoms in total. The second-order valence-electron chi connectivity index (χ2n) is 6.56. The van der Waals surface area contributed by atoms with E-state index in [2.05, 4.69) is 10.6 Å². The van der Waals surface area contributed by atoms with Gasteiger partial charge in [0.15, 0.2) is 0 Å². The number of hydrogen-bond donors (Lipinski definition) is 2. The largest absolute Gasteiger partial charge is 0.379 e. The van der Waals surface area contributed by atoms with Crippen molar-refractivity contribution in [3.05, 3.63) is 0 Å². The van der Waals surface area contributed by atoms with E-state index in [9.17, 15) is 4.79 Å². The number of rotatable bonds is 3. The van der Waals surface area contributed by atoms with Crippen molar-refractivity contribution in [3.63, 3.8) is 0 Å². The molecule has 6 unspecified atom stereocenters. The molecule has 3 aliphatic carbocycles. The van der Waals surface area contributed by atoms with Gasteiger partial charge >= 0.3 is 0 Å². The van der Waals surface area contributed by atoms with E-state index in [1.807, 2.05) is 7.05 Å². The second-order valence-corrected chi connectivity index (χ2v) is 6.56. The predicted molar refractivity (Wildman–Crippen MR) is 66.9 cm³/mol. The van der Waals surface area contributed by atoms with Crippen molar-refractivity contribution in [1.29, 1.82) is 0 Å². The highest BCUT2D eigenvalue weighted by atomic mass is 16.5. The summed E-state index contributed by atoms with van der Waals surface area (Å²) < 4.78 is 5.41. The Balaban J connectivity index is 1.37. The van der Waals surface area contributed by atoms with Gasteiger partial charge in [-0.05, 0) is 50.0 Å². The fourth-order valence-electron chi connectivity index (χ4n) is 4.89. The fraction of sp³-hybridized carbons (Fsp3) is 0.929. The smallest absolute Gasteiger partial charge is 0.227 e. The van der Waals surface area contributed by atoms with E-state index in [0.717, 1.165) is 23.7 Å². The third-order valence-corrected chi connectivity index (χ3v) is 5.83. The third kappa shape index (κ3) is 1.48. The SMILES string of the molecule is CNC1COCC1C(=O)NC1C2C3CCC(C3)C12. The van der Waals surface area contributed by atoms with Crippen LogP contribution in [0.3, 0.4) is 0 Å². The minimum Gasteiger partial charge on any atom is -0.379 e. The van der Waals surface area contributed by atoms with Crippen LogP contribution in [0.1, 0.15) is 19.3 Å². The van der Waals surface area contributed by atoms with Crippen LogP contribution >= 0.6 is 0 Å². The van der Waals surface area contributed by atoms with E-state index in [1.165, 1.54) is 19.3 Å². The summed E-state index contributed by atoms with van der Waals surface area (Å²) in [5, 5.41) is 6.49. The zero-order chi connectivity index (χ0) is 12.3. The Bertz CT molecular complexity index is 357. The number of fused-ring (bicyclic) bond motifs is 5. The van der Waals surface area contributed by atoms with Crippen LogP contribution in [0.5, 0.6) is 0 Å². The molecule has 4 rings (SSSR count). The van der Waals surface area contributed by atoms with Crippen LogP contribution in [0.4, 0.5) is 0 Å². The molecule has 1 amide bonds. The Hall–Kier alpha value is -0.610. The Labute approximate surface area is 108 Å². The zero-order valence-corrected chi connectivity index (χ0v) is 10.9. The van der Waals surface area contributed by atoms with Crippen molar-refractivity contribution in [2.45, 2.75) is 31.3 Å². The van der Waals surface area contributed by atoms with Crippen LogP contribution in [0.25, 0.3) is 0 Å². The molecule has 4 fully saturated rings. The summed E-state index contributed by atoms with van der Waals surface area (Å²) in [5.41, 5.74) is 0. The maximum Gasteiger partial charge on any atom is 0.227 e. The average Bonchev–Trinajstić information content (AvgIpc) is 2.86. The number of carbonyl (C=O) groups is 1. The van der Waals surface area contributed by atoms with Gasteiger partial charge in [-0.15, -0.1) is 0 Å². The monoisotopic (exact) mass is 250 g/mol. The summed E-state index contributed by atoms with van der Waals surface area (Å²) in [4.78, 5) is 12.3. The van der Waals surface area contributed by atoms with Gasteiger partial charge in [0.05, 0.1) is 19.1 Å². The quantitative estimate of drug-likeness (QED) is 0.761. The number of nitrogens with one attached hydrogen (secondary N) is 2. The molecule has 2 bridgehead atoms. The Morgan fingerprint density at radius 2 is 1.89 bits per heavy atom. The van der Waals surface area contributed by atoms with E-state index in [-0.39, 0.29) is 17.9 Å². The highest BCUT2D eigenvalue weighted by Crippen LogP contribution is 2.65. The van der Waals surface area contributed by atoms with Crippen molar-refractivity contribution in [1.82, 2.24) is 10.6 Å². The first kappa shape index (κ1) is 11.2. The Morgan fingerprint density at radius 3 is 2.56 bits per heavy atom. The standard InChI is InChI=1S/C14H22N2O2/c1-15-10-6-18-5-9(10)14(17)16-13-11-7-2-3-8(4-7)12(11)13/h7-13,15H,2-6H2,1H3,(H,16,17). The molecule has 1 aliphatic heterocycles. The molecular weight excluding hydrogens is 228 g/mol. The van der Waals surface area contributed by atoms with Gasteiger partial charge in [-0.3, -0.25) is 4.79 Å². The molecule has 3 saturated carbocycles. The summed E-state index contributed by atoms with van der Waals surface area (Å²) in [6.07, 6.45) is 4.25. The summed E-state index contributed by atoms with van der Waals surface area (Å²) in [5.74, 6) is 3.71. The van der Waals surface area contributed by atoms with Gasteiger partial charge in [0, 0.05) is 12.1 Å². The number of ether oxygens (including phenoxy) is 1. The van der Waals surface area contributed by atoms with E-state index in [4.69, 9.17) is 4.74 Å². The second kappa shape index (κ2) is 3.94. The molecule has 2 N–H and O–H groups in total. The lowest BCUT2D eigenvalue weighted by atomic mass is 10.0. The summed E-state index contributed by atoms with van der Waals surface area (Å²) in [7, 11) is 1.91. The highest BCUT2D eigenvalue weighted by molar-refractivity contribution is 5.80. The molecule has 0 aromatic heterocycles. The van der Waals surface area contributed by atoms with Gasteiger partial charge in [-0.1, -0.05) is 0 Å². The molecule has 4 heteroatoms. The van der Waals surface area contributed by atoms with E-state index < -0.39 is 0 Å². The van der Waals surface area contributed by atoms with Crippen molar-refractivity contribution < 1.29 is 9.53 Å². The van der Waals surface area contributed by atoms with Gasteiger partial charge in [0.25, 0.3) is 0 Å². The Kier molecular flexibility index (Phi) is 2.46. The number of likely N-dealkylation sites (N-methyl/N-ethyl adjacent to an activating group) is 1. The lowest BCUT2D eigenvalue weighted by Gasteiger charge is -2.18. The number of carbonyl (C=O) groups excluding carboxylic acids is 1. The molecule has 0 spiro atoms. The molecule has 18 heavy (non-hydrogen) atoms. The minimum absolute atomic E-state index is 0.00831. The van der Waals surface area contributed by atoms with Crippen LogP contribution in [0.2, 0.25) is 0 Å². The normalized spacial score (nSPS) is 52.4. The van der Waals surface area contributed by atoms with Crippen LogP contribution in [-0.2, 0) is 9.53 Å². The first-order valence-electron chi connectivity index (χ1n) is 7.35. The molecule has 100 valence electrons. The zero-order valence-electron chi connectivity index (χ0n) is 10.9. The lowest BCUT2D eigenvalue weighted by Crippen LogP contribution is -2.44. The lowest BCUT2D eigenvalue weighted by molar-refractivity contribution is -0.125. The number of amides is 1. The van der Waals surface area contributed by atoms with Crippen molar-refractivity contribution in [2.75, 3.05) is 20.3 Å². The molecule has 0 aromatic carbocycles. The van der Waals surface area contributed by atoms with Gasteiger partial charge in [-0.25, -0.2) is 0 Å². The first-order chi connectivity index (χ1) is 8.79. The molecule has 1 saturated heterocycles. The van der Waals surface area contributed by atoms with Gasteiger partial charge in [0.1, 0.15) is 0 Å². The first-order valence-corrected chi connectivity index (χ1v) is 7.35. The van der Waals surface area contributed by atoms with Crippen LogP contribution in [-0.4, -0.2) is 38.3 Å². The average molecular weight is 250 g/mol. The highest BCUT2D eigenvalue weighted by Gasteiger charge is 2.65. The summed E-state index contributed by atoms with van der Waals surface area (Å²) >= 11 is 0. The third-order valence-electron chi connectivity index (χ3n) is 5.83. The van der Waals surface area contributed by atoms with Crippen molar-refractivity contribution in [2.24, 2.45) is 29.6 Å². The van der Waals surface area contributed by atoms with Crippen LogP contribution < -0.4 is 10.6 Å². The van der Waals surface area contributed by atoms with Crippen molar-refractivity contribution >= 4 is 5.91 Å². The molecule has 1 heterocycles. The van der Waals surface area contributed by atoms with E-state index in [0.29, 0.717) is 19.3 Å². The summed E-state index contributed by atoms with van der Waals surface area (Å²) in [6.45, 7) is 1.24. The Morgan fingerprint density at radius 1 is 1.17 bits per heavy atom.